The van der Waals surface area contributed by atoms with Gasteiger partial charge in [0.25, 0.3) is 5.56 Å². The molecule has 0 saturated heterocycles. The van der Waals surface area contributed by atoms with Crippen molar-refractivity contribution in [2.45, 2.75) is 39.7 Å². The molecule has 8 nitrogen and oxygen atoms in total. The van der Waals surface area contributed by atoms with Crippen LogP contribution in [0.3, 0.4) is 0 Å². The number of ether oxygens (including phenoxy) is 2. The number of carbonyl (C=O) groups is 1. The maximum atomic E-state index is 12.8. The van der Waals surface area contributed by atoms with Crippen LogP contribution in [0, 0.1) is 0 Å². The molecule has 2 aromatic heterocycles. The summed E-state index contributed by atoms with van der Waals surface area (Å²) in [4.78, 5) is 25.3. The molecular formula is C27H32N4O4. The van der Waals surface area contributed by atoms with Crippen LogP contribution in [0.25, 0.3) is 21.8 Å². The van der Waals surface area contributed by atoms with E-state index in [0.29, 0.717) is 51.1 Å². The molecule has 35 heavy (non-hydrogen) atoms. The van der Waals surface area contributed by atoms with Crippen LogP contribution in [0.2, 0.25) is 0 Å². The molecule has 0 aliphatic rings. The highest BCUT2D eigenvalue weighted by Gasteiger charge is 2.15. The van der Waals surface area contributed by atoms with E-state index in [0.717, 1.165) is 33.4 Å². The molecule has 0 bridgehead atoms. The number of hydrogen-bond acceptors (Lipinski definition) is 5. The molecule has 184 valence electrons. The summed E-state index contributed by atoms with van der Waals surface area (Å²) >= 11 is 0. The van der Waals surface area contributed by atoms with Crippen molar-refractivity contribution >= 4 is 27.7 Å². The van der Waals surface area contributed by atoms with E-state index in [4.69, 9.17) is 9.47 Å². The fraction of sp³-hybridized carbons (Fsp3) is 0.370. The highest BCUT2D eigenvalue weighted by molar-refractivity contribution is 6.07. The quantitative estimate of drug-likeness (QED) is 0.356. The third-order valence-corrected chi connectivity index (χ3v) is 6.00. The van der Waals surface area contributed by atoms with Gasteiger partial charge in [0.1, 0.15) is 5.52 Å². The van der Waals surface area contributed by atoms with E-state index in [-0.39, 0.29) is 11.5 Å². The summed E-state index contributed by atoms with van der Waals surface area (Å²) in [6.07, 6.45) is 3.45. The molecule has 0 unspecified atom stereocenters. The summed E-state index contributed by atoms with van der Waals surface area (Å²) in [7, 11) is 1.65. The van der Waals surface area contributed by atoms with Crippen LogP contribution in [0.15, 0.2) is 53.5 Å². The summed E-state index contributed by atoms with van der Waals surface area (Å²) in [6.45, 7) is 6.14. The number of benzene rings is 2. The molecule has 0 aliphatic heterocycles. The standard InChI is InChI=1S/C27H32N4O4/c1-4-34-23-13-12-19(17-24(23)35-5-2)14-15-28-25(32)11-8-16-31-22-10-7-6-9-20(22)21-18-29-30(3)27(33)26(21)31/h6-7,9-10,12-13,17-18H,4-5,8,11,14-16H2,1-3H3,(H,28,32). The molecule has 4 aromatic rings. The summed E-state index contributed by atoms with van der Waals surface area (Å²) in [5.74, 6) is 1.46. The maximum absolute atomic E-state index is 12.8. The first kappa shape index (κ1) is 24.3. The third-order valence-electron chi connectivity index (χ3n) is 6.00. The van der Waals surface area contributed by atoms with Crippen LogP contribution < -0.4 is 20.3 Å². The van der Waals surface area contributed by atoms with Gasteiger partial charge in [0.2, 0.25) is 5.91 Å². The summed E-state index contributed by atoms with van der Waals surface area (Å²) in [5, 5.41) is 9.02. The smallest absolute Gasteiger partial charge is 0.291 e. The van der Waals surface area contributed by atoms with Crippen LogP contribution in [-0.4, -0.2) is 40.0 Å². The predicted molar refractivity (Wildman–Crippen MR) is 137 cm³/mol. The number of nitrogens with one attached hydrogen (secondary N) is 1. The summed E-state index contributed by atoms with van der Waals surface area (Å²) < 4.78 is 14.6. The van der Waals surface area contributed by atoms with Crippen molar-refractivity contribution < 1.29 is 14.3 Å². The second-order valence-electron chi connectivity index (χ2n) is 8.36. The first-order valence-corrected chi connectivity index (χ1v) is 12.1. The van der Waals surface area contributed by atoms with Crippen molar-refractivity contribution in [2.24, 2.45) is 7.05 Å². The van der Waals surface area contributed by atoms with E-state index >= 15 is 0 Å². The number of para-hydroxylation sites is 1. The zero-order valence-corrected chi connectivity index (χ0v) is 20.5. The highest BCUT2D eigenvalue weighted by atomic mass is 16.5. The number of hydrogen-bond donors (Lipinski definition) is 1. The Morgan fingerprint density at radius 1 is 1.03 bits per heavy atom. The Morgan fingerprint density at radius 2 is 1.80 bits per heavy atom. The Balaban J connectivity index is 1.35. The van der Waals surface area contributed by atoms with E-state index in [1.54, 1.807) is 13.2 Å². The van der Waals surface area contributed by atoms with Gasteiger partial charge in [0, 0.05) is 42.8 Å². The van der Waals surface area contributed by atoms with Crippen LogP contribution >= 0.6 is 0 Å². The molecule has 0 fully saturated rings. The third kappa shape index (κ3) is 5.31. The van der Waals surface area contributed by atoms with Crippen molar-refractivity contribution in [2.75, 3.05) is 19.8 Å². The second-order valence-corrected chi connectivity index (χ2v) is 8.36. The molecule has 1 amide bonds. The normalized spacial score (nSPS) is 11.2. The highest BCUT2D eigenvalue weighted by Crippen LogP contribution is 2.29. The van der Waals surface area contributed by atoms with Crippen LogP contribution in [0.5, 0.6) is 11.5 Å². The number of fused-ring (bicyclic) bond motifs is 3. The van der Waals surface area contributed by atoms with Crippen molar-refractivity contribution in [3.05, 3.63) is 64.6 Å². The van der Waals surface area contributed by atoms with Gasteiger partial charge >= 0.3 is 0 Å². The van der Waals surface area contributed by atoms with Crippen molar-refractivity contribution in [3.63, 3.8) is 0 Å². The van der Waals surface area contributed by atoms with Crippen LogP contribution in [-0.2, 0) is 24.8 Å². The fourth-order valence-corrected chi connectivity index (χ4v) is 4.36. The summed E-state index contributed by atoms with van der Waals surface area (Å²) in [6, 6.07) is 13.8. The van der Waals surface area contributed by atoms with Gasteiger partial charge < -0.3 is 19.4 Å². The molecule has 2 aromatic carbocycles. The monoisotopic (exact) mass is 476 g/mol. The Morgan fingerprint density at radius 3 is 2.60 bits per heavy atom. The van der Waals surface area contributed by atoms with Crippen molar-refractivity contribution in [3.8, 4) is 11.5 Å². The fourth-order valence-electron chi connectivity index (χ4n) is 4.36. The molecule has 1 N–H and O–H groups in total. The lowest BCUT2D eigenvalue weighted by atomic mass is 10.1. The van der Waals surface area contributed by atoms with E-state index in [1.807, 2.05) is 60.9 Å². The van der Waals surface area contributed by atoms with Gasteiger partial charge in [0.15, 0.2) is 11.5 Å². The van der Waals surface area contributed by atoms with Crippen LogP contribution in [0.1, 0.15) is 32.3 Å². The minimum atomic E-state index is -0.134. The first-order chi connectivity index (χ1) is 17.0. The average Bonchev–Trinajstić information content (AvgIpc) is 3.17. The van der Waals surface area contributed by atoms with Gasteiger partial charge in [-0.3, -0.25) is 9.59 Å². The zero-order valence-electron chi connectivity index (χ0n) is 20.5. The minimum Gasteiger partial charge on any atom is -0.490 e. The van der Waals surface area contributed by atoms with Crippen molar-refractivity contribution in [1.82, 2.24) is 19.7 Å². The zero-order chi connectivity index (χ0) is 24.8. The Labute approximate surface area is 204 Å². The van der Waals surface area contributed by atoms with Crippen molar-refractivity contribution in [1.29, 1.82) is 0 Å². The van der Waals surface area contributed by atoms with Gasteiger partial charge in [-0.2, -0.15) is 5.10 Å². The molecule has 0 radical (unpaired) electrons. The number of carbonyl (C=O) groups excluding carboxylic acids is 1. The average molecular weight is 477 g/mol. The summed E-state index contributed by atoms with van der Waals surface area (Å²) in [5.41, 5.74) is 2.55. The van der Waals surface area contributed by atoms with E-state index in [1.165, 1.54) is 4.68 Å². The molecule has 4 rings (SSSR count). The van der Waals surface area contributed by atoms with Gasteiger partial charge in [-0.25, -0.2) is 4.68 Å². The largest absolute Gasteiger partial charge is 0.490 e. The van der Waals surface area contributed by atoms with Gasteiger partial charge in [-0.05, 0) is 50.5 Å². The van der Waals surface area contributed by atoms with E-state index in [9.17, 15) is 9.59 Å². The predicted octanol–water partition coefficient (Wildman–Crippen LogP) is 3.82. The topological polar surface area (TPSA) is 87.4 Å². The van der Waals surface area contributed by atoms with Gasteiger partial charge in [-0.1, -0.05) is 24.3 Å². The molecule has 0 aliphatic carbocycles. The second kappa shape index (κ2) is 11.1. The molecule has 0 saturated carbocycles. The number of aromatic nitrogens is 3. The van der Waals surface area contributed by atoms with E-state index < -0.39 is 0 Å². The Kier molecular flexibility index (Phi) is 7.70. The van der Waals surface area contributed by atoms with E-state index in [2.05, 4.69) is 10.4 Å². The molecule has 2 heterocycles. The van der Waals surface area contributed by atoms with Gasteiger partial charge in [-0.15, -0.1) is 0 Å². The minimum absolute atomic E-state index is 0.00342. The Hall–Kier alpha value is -3.81. The lowest BCUT2D eigenvalue weighted by Crippen LogP contribution is -2.26. The molecule has 8 heteroatoms. The number of nitrogens with zero attached hydrogens (tertiary/aromatic N) is 3. The van der Waals surface area contributed by atoms with Gasteiger partial charge in [0.05, 0.1) is 19.4 Å². The lowest BCUT2D eigenvalue weighted by molar-refractivity contribution is -0.121. The lowest BCUT2D eigenvalue weighted by Gasteiger charge is -2.13. The first-order valence-electron chi connectivity index (χ1n) is 12.1. The number of amides is 1. The number of aryl methyl sites for hydroxylation is 2. The Bertz CT molecular complexity index is 1390. The van der Waals surface area contributed by atoms with Crippen LogP contribution in [0.4, 0.5) is 0 Å². The molecule has 0 spiro atoms. The SMILES string of the molecule is CCOc1ccc(CCNC(=O)CCCn2c3ccccc3c3cnn(C)c(=O)c32)cc1OCC. The maximum Gasteiger partial charge on any atom is 0.291 e. The molecular weight excluding hydrogens is 444 g/mol. The molecule has 0 atom stereocenters. The number of rotatable bonds is 11.